The molecule has 0 unspecified atom stereocenters. The number of esters is 1. The second-order valence-corrected chi connectivity index (χ2v) is 9.83. The molecule has 0 spiro atoms. The molecule has 1 heterocycles. The summed E-state index contributed by atoms with van der Waals surface area (Å²) in [5.74, 6) is -0.327. The highest BCUT2D eigenvalue weighted by molar-refractivity contribution is 6.30. The van der Waals surface area contributed by atoms with Crippen molar-refractivity contribution in [3.8, 4) is 16.9 Å². The summed E-state index contributed by atoms with van der Waals surface area (Å²) in [7, 11) is 0. The Morgan fingerprint density at radius 3 is 2.38 bits per heavy atom. The van der Waals surface area contributed by atoms with Crippen LogP contribution in [0.5, 0.6) is 5.75 Å². The number of carbonyl (C=O) groups is 2. The number of benzene rings is 2. The number of halogens is 1. The molecule has 0 fully saturated rings. The van der Waals surface area contributed by atoms with Crippen molar-refractivity contribution in [2.75, 3.05) is 0 Å². The minimum Gasteiger partial charge on any atom is -0.463 e. The van der Waals surface area contributed by atoms with Crippen LogP contribution in [0.2, 0.25) is 5.02 Å². The Hall–Kier alpha value is -3.32. The van der Waals surface area contributed by atoms with Crippen LogP contribution < -0.4 is 15.5 Å². The van der Waals surface area contributed by atoms with E-state index in [9.17, 15) is 14.4 Å². The van der Waals surface area contributed by atoms with Crippen molar-refractivity contribution in [3.63, 3.8) is 0 Å². The maximum atomic E-state index is 13.0. The van der Waals surface area contributed by atoms with Gasteiger partial charge >= 0.3 is 12.1 Å². The predicted molar refractivity (Wildman–Crippen MR) is 131 cm³/mol. The number of hydrogen-bond acceptors (Lipinski definition) is 6. The van der Waals surface area contributed by atoms with Crippen LogP contribution in [0.25, 0.3) is 22.1 Å². The minimum atomic E-state index is -0.898. The summed E-state index contributed by atoms with van der Waals surface area (Å²) in [4.78, 5) is 38.0. The third-order valence-corrected chi connectivity index (χ3v) is 5.05. The van der Waals surface area contributed by atoms with Gasteiger partial charge in [-0.25, -0.2) is 9.59 Å². The smallest absolute Gasteiger partial charge is 0.408 e. The Labute approximate surface area is 203 Å². The lowest BCUT2D eigenvalue weighted by molar-refractivity contribution is -0.137. The first-order chi connectivity index (χ1) is 15.9. The molecule has 180 valence electrons. The van der Waals surface area contributed by atoms with Crippen LogP contribution >= 0.6 is 11.6 Å². The molecule has 1 atom stereocenters. The highest BCUT2D eigenvalue weighted by atomic mass is 35.5. The van der Waals surface area contributed by atoms with Gasteiger partial charge in [0.1, 0.15) is 29.2 Å². The lowest BCUT2D eigenvalue weighted by atomic mass is 10.0. The average molecular weight is 486 g/mol. The van der Waals surface area contributed by atoms with E-state index in [1.807, 2.05) is 13.8 Å². The molecule has 7 nitrogen and oxygen atoms in total. The number of alkyl carbamates (subject to hydrolysis) is 1. The minimum absolute atomic E-state index is 0.119. The van der Waals surface area contributed by atoms with Crippen molar-refractivity contribution in [1.82, 2.24) is 5.32 Å². The van der Waals surface area contributed by atoms with Gasteiger partial charge in [0.25, 0.3) is 0 Å². The number of fused-ring (bicyclic) bond motifs is 1. The molecule has 0 aliphatic rings. The Morgan fingerprint density at radius 2 is 1.76 bits per heavy atom. The third-order valence-electron chi connectivity index (χ3n) is 4.80. The number of nitrogens with one attached hydrogen (secondary N) is 1. The zero-order valence-electron chi connectivity index (χ0n) is 19.8. The molecule has 0 saturated carbocycles. The van der Waals surface area contributed by atoms with E-state index in [0.717, 1.165) is 0 Å². The van der Waals surface area contributed by atoms with Crippen LogP contribution in [0.3, 0.4) is 0 Å². The van der Waals surface area contributed by atoms with Gasteiger partial charge in [0.15, 0.2) is 5.43 Å². The summed E-state index contributed by atoms with van der Waals surface area (Å²) in [5, 5.41) is 3.49. The molecular formula is C26H28ClNO6. The van der Waals surface area contributed by atoms with Crippen molar-refractivity contribution in [3.05, 3.63) is 64.0 Å². The average Bonchev–Trinajstić information content (AvgIpc) is 2.72. The predicted octanol–water partition coefficient (Wildman–Crippen LogP) is 5.96. The maximum Gasteiger partial charge on any atom is 0.408 e. The normalized spacial score (nSPS) is 12.4. The molecule has 8 heteroatoms. The first-order valence-corrected chi connectivity index (χ1v) is 11.3. The van der Waals surface area contributed by atoms with Gasteiger partial charge in [0.05, 0.1) is 10.9 Å². The van der Waals surface area contributed by atoms with Gasteiger partial charge in [-0.3, -0.25) is 4.79 Å². The molecule has 0 aliphatic carbocycles. The fourth-order valence-corrected chi connectivity index (χ4v) is 3.45. The van der Waals surface area contributed by atoms with Crippen molar-refractivity contribution < 1.29 is 23.5 Å². The van der Waals surface area contributed by atoms with Gasteiger partial charge in [-0.15, -0.1) is 0 Å². The zero-order valence-corrected chi connectivity index (χ0v) is 20.6. The molecular weight excluding hydrogens is 458 g/mol. The molecule has 0 saturated heterocycles. The van der Waals surface area contributed by atoms with E-state index >= 15 is 0 Å². The van der Waals surface area contributed by atoms with E-state index in [1.165, 1.54) is 18.4 Å². The topological polar surface area (TPSA) is 94.8 Å². The Morgan fingerprint density at radius 1 is 1.09 bits per heavy atom. The SMILES string of the molecule is CC(C)C[C@H](NC(=O)OC(C)(C)C)C(=O)Oc1ccc2c(=O)c(-c3ccc(Cl)cc3)coc2c1. The highest BCUT2D eigenvalue weighted by Crippen LogP contribution is 2.24. The lowest BCUT2D eigenvalue weighted by Crippen LogP contribution is -2.45. The summed E-state index contributed by atoms with van der Waals surface area (Å²) in [6.07, 6.45) is 1.03. The van der Waals surface area contributed by atoms with E-state index in [-0.39, 0.29) is 22.7 Å². The first-order valence-electron chi connectivity index (χ1n) is 11.0. The number of ether oxygens (including phenoxy) is 2. The molecule has 1 amide bonds. The van der Waals surface area contributed by atoms with E-state index in [4.69, 9.17) is 25.5 Å². The molecule has 3 rings (SSSR count). The van der Waals surface area contributed by atoms with E-state index in [1.54, 1.807) is 51.1 Å². The van der Waals surface area contributed by atoms with Gasteiger partial charge in [-0.1, -0.05) is 37.6 Å². The first kappa shape index (κ1) is 25.3. The molecule has 1 N–H and O–H groups in total. The van der Waals surface area contributed by atoms with Gasteiger partial charge in [0, 0.05) is 11.1 Å². The summed E-state index contributed by atoms with van der Waals surface area (Å²) in [6.45, 7) is 9.08. The summed E-state index contributed by atoms with van der Waals surface area (Å²) in [5.41, 5.74) is 0.434. The van der Waals surface area contributed by atoms with Crippen LogP contribution in [0.4, 0.5) is 4.79 Å². The molecule has 2 aromatic carbocycles. The van der Waals surface area contributed by atoms with Crippen LogP contribution in [0, 0.1) is 5.92 Å². The molecule has 0 bridgehead atoms. The standard InChI is InChI=1S/C26H28ClNO6/c1-15(2)12-21(28-25(31)34-26(3,4)5)24(30)33-18-10-11-19-22(13-18)32-14-20(23(19)29)16-6-8-17(27)9-7-16/h6-11,13-15,21H,12H2,1-5H3,(H,28,31)/t21-/m0/s1. The Kier molecular flexibility index (Phi) is 7.67. The van der Waals surface area contributed by atoms with Crippen LogP contribution in [0.15, 0.2) is 57.9 Å². The zero-order chi connectivity index (χ0) is 25.0. The largest absolute Gasteiger partial charge is 0.463 e. The number of amides is 1. The molecule has 0 radical (unpaired) electrons. The van der Waals surface area contributed by atoms with Gasteiger partial charge in [0.2, 0.25) is 0 Å². The Bertz CT molecular complexity index is 1240. The second-order valence-electron chi connectivity index (χ2n) is 9.39. The van der Waals surface area contributed by atoms with Crippen LogP contribution in [0.1, 0.15) is 41.0 Å². The van der Waals surface area contributed by atoms with E-state index < -0.39 is 23.7 Å². The summed E-state index contributed by atoms with van der Waals surface area (Å²) < 4.78 is 16.4. The third kappa shape index (κ3) is 6.60. The van der Waals surface area contributed by atoms with Crippen molar-refractivity contribution in [2.24, 2.45) is 5.92 Å². The summed E-state index contributed by atoms with van der Waals surface area (Å²) in [6, 6.07) is 10.5. The number of rotatable bonds is 6. The number of carbonyl (C=O) groups excluding carboxylic acids is 2. The van der Waals surface area contributed by atoms with Gasteiger partial charge < -0.3 is 19.2 Å². The fourth-order valence-electron chi connectivity index (χ4n) is 3.32. The Balaban J connectivity index is 1.81. The maximum absolute atomic E-state index is 13.0. The monoisotopic (exact) mass is 485 g/mol. The summed E-state index contributed by atoms with van der Waals surface area (Å²) >= 11 is 5.93. The fraction of sp³-hybridized carbons (Fsp3) is 0.346. The molecule has 0 aliphatic heterocycles. The van der Waals surface area contributed by atoms with Crippen LogP contribution in [-0.4, -0.2) is 23.7 Å². The van der Waals surface area contributed by atoms with Gasteiger partial charge in [-0.2, -0.15) is 0 Å². The van der Waals surface area contributed by atoms with Crippen molar-refractivity contribution >= 4 is 34.6 Å². The van der Waals surface area contributed by atoms with Gasteiger partial charge in [-0.05, 0) is 62.9 Å². The van der Waals surface area contributed by atoms with E-state index in [0.29, 0.717) is 28.0 Å². The molecule has 1 aromatic heterocycles. The molecule has 3 aromatic rings. The van der Waals surface area contributed by atoms with Crippen molar-refractivity contribution in [1.29, 1.82) is 0 Å². The molecule has 34 heavy (non-hydrogen) atoms. The van der Waals surface area contributed by atoms with Crippen LogP contribution in [-0.2, 0) is 9.53 Å². The number of hydrogen-bond donors (Lipinski definition) is 1. The quantitative estimate of drug-likeness (QED) is 0.342. The van der Waals surface area contributed by atoms with E-state index in [2.05, 4.69) is 5.32 Å². The van der Waals surface area contributed by atoms with Crippen molar-refractivity contribution in [2.45, 2.75) is 52.7 Å². The highest BCUT2D eigenvalue weighted by Gasteiger charge is 2.27. The lowest BCUT2D eigenvalue weighted by Gasteiger charge is -2.23. The second kappa shape index (κ2) is 10.3.